The second kappa shape index (κ2) is 10.3. The first-order chi connectivity index (χ1) is 16.2. The van der Waals surface area contributed by atoms with E-state index in [0.717, 1.165) is 0 Å². The monoisotopic (exact) mass is 464 g/mol. The van der Waals surface area contributed by atoms with E-state index in [1.807, 2.05) is 0 Å². The zero-order valence-electron chi connectivity index (χ0n) is 17.4. The summed E-state index contributed by atoms with van der Waals surface area (Å²) < 4.78 is 26.2. The molecule has 0 radical (unpaired) electrons. The van der Waals surface area contributed by atoms with Gasteiger partial charge in [0.25, 0.3) is 0 Å². The minimum absolute atomic E-state index is 0.174. The van der Waals surface area contributed by atoms with Crippen molar-refractivity contribution in [1.29, 1.82) is 0 Å². The second-order valence-corrected chi connectivity index (χ2v) is 7.06. The van der Waals surface area contributed by atoms with E-state index in [9.17, 15) is 28.6 Å². The number of rotatable bonds is 4. The molecule has 0 aliphatic carbocycles. The van der Waals surface area contributed by atoms with Gasteiger partial charge in [-0.1, -0.05) is 42.5 Å². The number of hydrogen-bond donors (Lipinski definition) is 4. The molecule has 0 spiro atoms. The van der Waals surface area contributed by atoms with Gasteiger partial charge < -0.3 is 20.4 Å². The molecule has 4 aromatic carbocycles. The fourth-order valence-corrected chi connectivity index (χ4v) is 3.10. The predicted octanol–water partition coefficient (Wildman–Crippen LogP) is 5.79. The Morgan fingerprint density at radius 2 is 1.06 bits per heavy atom. The third-order valence-electron chi connectivity index (χ3n) is 4.82. The van der Waals surface area contributed by atoms with Gasteiger partial charge in [-0.25, -0.2) is 18.4 Å². The van der Waals surface area contributed by atoms with Gasteiger partial charge in [0.2, 0.25) is 0 Å². The van der Waals surface area contributed by atoms with Crippen molar-refractivity contribution in [2.75, 3.05) is 0 Å². The lowest BCUT2D eigenvalue weighted by molar-refractivity contribution is 0.0682. The highest BCUT2D eigenvalue weighted by molar-refractivity contribution is 5.93. The SMILES string of the molecule is O=C(O)c1cc(-c2ccc(F)cc2)ccc1O.O=C(O)c1cc(-c2ccccc2F)ccc1O. The predicted molar refractivity (Wildman–Crippen MR) is 121 cm³/mol. The summed E-state index contributed by atoms with van der Waals surface area (Å²) in [6.45, 7) is 0. The smallest absolute Gasteiger partial charge is 0.339 e. The van der Waals surface area contributed by atoms with Crippen molar-refractivity contribution in [2.45, 2.75) is 0 Å². The average molecular weight is 464 g/mol. The van der Waals surface area contributed by atoms with E-state index in [2.05, 4.69) is 0 Å². The van der Waals surface area contributed by atoms with E-state index in [-0.39, 0.29) is 28.4 Å². The van der Waals surface area contributed by atoms with Crippen LogP contribution >= 0.6 is 0 Å². The first-order valence-corrected chi connectivity index (χ1v) is 9.81. The normalized spacial score (nSPS) is 10.2. The molecule has 172 valence electrons. The highest BCUT2D eigenvalue weighted by Gasteiger charge is 2.13. The van der Waals surface area contributed by atoms with Crippen molar-refractivity contribution in [3.05, 3.63) is 108 Å². The molecule has 4 rings (SSSR count). The molecule has 0 saturated carbocycles. The molecule has 0 aliphatic rings. The molecule has 34 heavy (non-hydrogen) atoms. The number of aromatic hydroxyl groups is 2. The molecular formula is C26H18F2O6. The molecule has 0 heterocycles. The van der Waals surface area contributed by atoms with Crippen LogP contribution in [0.4, 0.5) is 8.78 Å². The zero-order valence-corrected chi connectivity index (χ0v) is 17.4. The molecule has 0 fully saturated rings. The van der Waals surface area contributed by atoms with Crippen molar-refractivity contribution in [1.82, 2.24) is 0 Å². The summed E-state index contributed by atoms with van der Waals surface area (Å²) in [6, 6.07) is 19.9. The fourth-order valence-electron chi connectivity index (χ4n) is 3.10. The largest absolute Gasteiger partial charge is 0.507 e. The van der Waals surface area contributed by atoms with Gasteiger partial charge in [0.15, 0.2) is 0 Å². The van der Waals surface area contributed by atoms with Crippen LogP contribution in [-0.4, -0.2) is 32.4 Å². The number of aromatic carboxylic acids is 2. The Morgan fingerprint density at radius 3 is 1.59 bits per heavy atom. The highest BCUT2D eigenvalue weighted by Crippen LogP contribution is 2.28. The van der Waals surface area contributed by atoms with E-state index in [0.29, 0.717) is 22.3 Å². The molecule has 0 aromatic heterocycles. The van der Waals surface area contributed by atoms with Gasteiger partial charge in [-0.05, 0) is 59.2 Å². The van der Waals surface area contributed by atoms with Crippen molar-refractivity contribution < 1.29 is 38.8 Å². The lowest BCUT2D eigenvalue weighted by Gasteiger charge is -2.05. The Labute approximate surface area is 192 Å². The number of carboxylic acid groups (broad SMARTS) is 2. The van der Waals surface area contributed by atoms with Crippen LogP contribution in [0.15, 0.2) is 84.9 Å². The molecule has 0 bridgehead atoms. The van der Waals surface area contributed by atoms with Gasteiger partial charge in [0.1, 0.15) is 34.3 Å². The Balaban J connectivity index is 0.000000191. The van der Waals surface area contributed by atoms with E-state index in [1.54, 1.807) is 36.4 Å². The summed E-state index contributed by atoms with van der Waals surface area (Å²) in [7, 11) is 0. The molecule has 0 saturated heterocycles. The van der Waals surface area contributed by atoms with Crippen molar-refractivity contribution in [3.8, 4) is 33.8 Å². The van der Waals surface area contributed by atoms with Gasteiger partial charge in [-0.2, -0.15) is 0 Å². The lowest BCUT2D eigenvalue weighted by Crippen LogP contribution is -1.97. The summed E-state index contributed by atoms with van der Waals surface area (Å²) >= 11 is 0. The number of halogens is 2. The number of benzene rings is 4. The first-order valence-electron chi connectivity index (χ1n) is 9.81. The van der Waals surface area contributed by atoms with Gasteiger partial charge >= 0.3 is 11.9 Å². The topological polar surface area (TPSA) is 115 Å². The summed E-state index contributed by atoms with van der Waals surface area (Å²) in [5.74, 6) is -3.87. The maximum Gasteiger partial charge on any atom is 0.339 e. The van der Waals surface area contributed by atoms with Crippen LogP contribution in [0.5, 0.6) is 11.5 Å². The van der Waals surface area contributed by atoms with Gasteiger partial charge in [0.05, 0.1) is 0 Å². The molecule has 0 unspecified atom stereocenters. The van der Waals surface area contributed by atoms with E-state index >= 15 is 0 Å². The third-order valence-corrected chi connectivity index (χ3v) is 4.82. The van der Waals surface area contributed by atoms with Crippen LogP contribution in [-0.2, 0) is 0 Å². The molecule has 4 N–H and O–H groups in total. The molecule has 6 nitrogen and oxygen atoms in total. The van der Waals surface area contributed by atoms with Crippen LogP contribution in [0.25, 0.3) is 22.3 Å². The summed E-state index contributed by atoms with van der Waals surface area (Å²) in [5, 5.41) is 36.4. The maximum atomic E-state index is 13.5. The second-order valence-electron chi connectivity index (χ2n) is 7.06. The quantitative estimate of drug-likeness (QED) is 0.304. The van der Waals surface area contributed by atoms with Crippen LogP contribution < -0.4 is 0 Å². The average Bonchev–Trinajstić information content (AvgIpc) is 2.81. The Hall–Kier alpha value is -4.72. The van der Waals surface area contributed by atoms with Crippen LogP contribution in [0.2, 0.25) is 0 Å². The first kappa shape index (κ1) is 23.9. The van der Waals surface area contributed by atoms with Crippen molar-refractivity contribution in [2.24, 2.45) is 0 Å². The molecular weight excluding hydrogens is 446 g/mol. The Morgan fingerprint density at radius 1 is 0.588 bits per heavy atom. The van der Waals surface area contributed by atoms with Crippen molar-refractivity contribution >= 4 is 11.9 Å². The number of phenols is 2. The van der Waals surface area contributed by atoms with E-state index in [1.165, 1.54) is 48.5 Å². The minimum Gasteiger partial charge on any atom is -0.507 e. The third kappa shape index (κ3) is 5.55. The highest BCUT2D eigenvalue weighted by atomic mass is 19.1. The zero-order chi connectivity index (χ0) is 24.8. The van der Waals surface area contributed by atoms with Crippen LogP contribution in [0.1, 0.15) is 20.7 Å². The standard InChI is InChI=1S/2C13H9FO3/c14-10-4-1-8(2-5-10)9-3-6-12(15)11(7-9)13(16)17;14-11-4-2-1-3-9(11)8-5-6-12(15)10(7-8)13(16)17/h2*1-7,15H,(H,16,17). The number of carbonyl (C=O) groups is 2. The molecule has 8 heteroatoms. The number of hydrogen-bond acceptors (Lipinski definition) is 4. The van der Waals surface area contributed by atoms with Crippen molar-refractivity contribution in [3.63, 3.8) is 0 Å². The summed E-state index contributed by atoms with van der Waals surface area (Å²) in [5.41, 5.74) is 1.60. The number of carboxylic acids is 2. The molecule has 4 aromatic rings. The van der Waals surface area contributed by atoms with Crippen LogP contribution in [0.3, 0.4) is 0 Å². The van der Waals surface area contributed by atoms with Gasteiger partial charge in [-0.15, -0.1) is 0 Å². The molecule has 0 aliphatic heterocycles. The summed E-state index contributed by atoms with van der Waals surface area (Å²) in [6.07, 6.45) is 0. The van der Waals surface area contributed by atoms with Gasteiger partial charge in [0, 0.05) is 5.56 Å². The molecule has 0 atom stereocenters. The minimum atomic E-state index is -1.25. The Kier molecular flexibility index (Phi) is 7.23. The lowest BCUT2D eigenvalue weighted by atomic mass is 10.0. The van der Waals surface area contributed by atoms with Gasteiger partial charge in [-0.3, -0.25) is 0 Å². The fraction of sp³-hybridized carbons (Fsp3) is 0. The Bertz CT molecular complexity index is 1350. The van der Waals surface area contributed by atoms with Crippen LogP contribution in [0, 0.1) is 11.6 Å². The van der Waals surface area contributed by atoms with E-state index in [4.69, 9.17) is 10.2 Å². The maximum absolute atomic E-state index is 13.5. The van der Waals surface area contributed by atoms with E-state index < -0.39 is 17.8 Å². The molecule has 0 amide bonds. The summed E-state index contributed by atoms with van der Waals surface area (Å²) in [4.78, 5) is 21.7.